The number of nitrogens with zero attached hydrogens (tertiary/aromatic N) is 4. The van der Waals surface area contributed by atoms with Gasteiger partial charge < -0.3 is 10.4 Å². The molecule has 4 rings (SSSR count). The van der Waals surface area contributed by atoms with Crippen molar-refractivity contribution in [1.82, 2.24) is 0 Å². The van der Waals surface area contributed by atoms with E-state index < -0.39 is 36.7 Å². The zero-order chi connectivity index (χ0) is 29.9. The molecule has 13 nitrogen and oxygen atoms in total. The molecule has 208 valence electrons. The van der Waals surface area contributed by atoms with Crippen LogP contribution >= 0.6 is 0 Å². The summed E-state index contributed by atoms with van der Waals surface area (Å²) in [6, 6.07) is 18.0. The number of amides is 1. The molecular weight excluding hydrogens is 595 g/mol. The number of fused-ring (bicyclic) bond motifs is 1. The summed E-state index contributed by atoms with van der Waals surface area (Å²) >= 11 is 0. The van der Waals surface area contributed by atoms with Gasteiger partial charge in [-0.05, 0) is 48.5 Å². The number of phenolic OH excluding ortho intramolecular Hbond substituents is 1. The number of carbonyl (C=O) groups is 1. The predicted octanol–water partition coefficient (Wildman–Crippen LogP) is 3.93. The number of carbonyl (C=O) groups excluding carboxylic acids is 1. The number of hydrogen-bond acceptors (Lipinski definition) is 10. The van der Waals surface area contributed by atoms with Crippen LogP contribution in [-0.2, 0) is 20.1 Å². The van der Waals surface area contributed by atoms with Crippen molar-refractivity contribution in [2.75, 3.05) is 16.3 Å². The molecule has 0 aliphatic heterocycles. The van der Waals surface area contributed by atoms with Crippen molar-refractivity contribution in [1.29, 1.82) is 10.5 Å². The van der Waals surface area contributed by atoms with Crippen molar-refractivity contribution in [3.05, 3.63) is 83.4 Å². The van der Waals surface area contributed by atoms with Gasteiger partial charge in [0.2, 0.25) is 10.0 Å². The van der Waals surface area contributed by atoms with Crippen molar-refractivity contribution in [2.45, 2.75) is 4.90 Å². The summed E-state index contributed by atoms with van der Waals surface area (Å²) in [5.74, 6) is -1.30. The van der Waals surface area contributed by atoms with Crippen LogP contribution in [0.25, 0.3) is 10.8 Å². The normalized spacial score (nSPS) is 11.3. The van der Waals surface area contributed by atoms with Gasteiger partial charge in [-0.25, -0.2) is 8.42 Å². The second-order valence-electron chi connectivity index (χ2n) is 8.50. The van der Waals surface area contributed by atoms with Crippen LogP contribution < -0.4 is 10.0 Å². The molecule has 0 spiro atoms. The molecule has 0 saturated carbocycles. The Hall–Kier alpha value is -4.35. The van der Waals surface area contributed by atoms with E-state index >= 15 is 0 Å². The van der Waals surface area contributed by atoms with Gasteiger partial charge in [-0.15, -0.1) is 5.11 Å². The number of nitrogens with one attached hydrogen (secondary N) is 2. The topological polar surface area (TPSA) is 222 Å². The number of phenols is 1. The van der Waals surface area contributed by atoms with E-state index in [1.165, 1.54) is 54.6 Å². The van der Waals surface area contributed by atoms with Gasteiger partial charge in [0.15, 0.2) is 0 Å². The van der Waals surface area contributed by atoms with E-state index in [2.05, 4.69) is 20.3 Å². The Morgan fingerprint density at radius 3 is 2.21 bits per heavy atom. The molecule has 0 atom stereocenters. The number of aromatic hydroxyl groups is 1. The van der Waals surface area contributed by atoms with Gasteiger partial charge in [-0.1, -0.05) is 18.2 Å². The van der Waals surface area contributed by atoms with E-state index in [0.717, 1.165) is 18.4 Å². The summed E-state index contributed by atoms with van der Waals surface area (Å²) in [5, 5.41) is 40.4. The van der Waals surface area contributed by atoms with Crippen LogP contribution in [0, 0.1) is 22.7 Å². The fraction of sp³-hybridized carbons (Fsp3) is 0.0385. The molecule has 0 fully saturated rings. The molecular formula is C26H19N6NaO7S2. The van der Waals surface area contributed by atoms with Crippen LogP contribution in [0.15, 0.2) is 81.9 Å². The molecule has 0 bridgehead atoms. The molecule has 4 N–H and O–H groups in total. The Morgan fingerprint density at radius 1 is 0.881 bits per heavy atom. The number of benzene rings is 4. The van der Waals surface area contributed by atoms with Crippen molar-refractivity contribution in [3.63, 3.8) is 0 Å². The molecule has 0 aliphatic rings. The number of rotatable bonds is 7. The van der Waals surface area contributed by atoms with Crippen LogP contribution in [0.5, 0.6) is 5.75 Å². The fourth-order valence-electron chi connectivity index (χ4n) is 3.80. The zero-order valence-corrected chi connectivity index (χ0v) is 22.5. The summed E-state index contributed by atoms with van der Waals surface area (Å²) in [7, 11) is -8.36. The van der Waals surface area contributed by atoms with E-state index in [9.17, 15) is 36.6 Å². The molecule has 4 aromatic carbocycles. The van der Waals surface area contributed by atoms with Gasteiger partial charge in [0.1, 0.15) is 17.9 Å². The number of hydrogen-bond donors (Lipinski definition) is 4. The molecule has 1 amide bonds. The maximum absolute atomic E-state index is 13.0. The first-order valence-electron chi connectivity index (χ1n) is 11.3. The number of anilines is 2. The Kier molecular flexibility index (Phi) is 9.70. The number of nitriles is 2. The first kappa shape index (κ1) is 32.2. The molecule has 0 unspecified atom stereocenters. The summed E-state index contributed by atoms with van der Waals surface area (Å²) in [6.45, 7) is 0. The Labute approximate surface area is 262 Å². The fourth-order valence-corrected chi connectivity index (χ4v) is 4.89. The first-order valence-corrected chi connectivity index (χ1v) is 14.7. The minimum absolute atomic E-state index is 0. The van der Waals surface area contributed by atoms with E-state index in [1.807, 2.05) is 12.1 Å². The molecule has 16 heteroatoms. The molecule has 4 aromatic rings. The summed E-state index contributed by atoms with van der Waals surface area (Å²) in [5.41, 5.74) is 0.0748. The summed E-state index contributed by atoms with van der Waals surface area (Å²) in [4.78, 5) is 12.4. The van der Waals surface area contributed by atoms with Crippen molar-refractivity contribution in [2.24, 2.45) is 10.2 Å². The SMILES string of the molecule is CS(=O)(=O)Nc1cccc2c(O)c(NC(=O)c3cccc(S(=O)(=O)O)c3)cc(/N=N/c3ccc(C#N)c(C#N)c3)c12.[NaH]. The predicted molar refractivity (Wildman–Crippen MR) is 155 cm³/mol. The molecule has 0 saturated heterocycles. The van der Waals surface area contributed by atoms with Crippen LogP contribution in [0.4, 0.5) is 22.7 Å². The molecule has 0 aromatic heterocycles. The Morgan fingerprint density at radius 2 is 1.57 bits per heavy atom. The van der Waals surface area contributed by atoms with Gasteiger partial charge in [-0.3, -0.25) is 14.1 Å². The van der Waals surface area contributed by atoms with E-state index in [4.69, 9.17) is 5.26 Å². The zero-order valence-electron chi connectivity index (χ0n) is 20.9. The monoisotopic (exact) mass is 614 g/mol. The van der Waals surface area contributed by atoms with E-state index in [-0.39, 0.29) is 79.8 Å². The van der Waals surface area contributed by atoms with Crippen LogP contribution in [0.2, 0.25) is 0 Å². The number of azo groups is 1. The third-order valence-corrected chi connectivity index (χ3v) is 7.01. The third kappa shape index (κ3) is 7.29. The molecule has 0 heterocycles. The van der Waals surface area contributed by atoms with Crippen LogP contribution in [0.3, 0.4) is 0 Å². The van der Waals surface area contributed by atoms with Gasteiger partial charge >= 0.3 is 29.6 Å². The van der Waals surface area contributed by atoms with Crippen molar-refractivity contribution < 1.29 is 31.3 Å². The number of sulfonamides is 1. The maximum atomic E-state index is 13.0. The second kappa shape index (κ2) is 12.7. The van der Waals surface area contributed by atoms with Gasteiger partial charge in [0, 0.05) is 16.3 Å². The third-order valence-electron chi connectivity index (χ3n) is 5.57. The molecule has 0 radical (unpaired) electrons. The summed E-state index contributed by atoms with van der Waals surface area (Å²) in [6.07, 6.45) is 0.933. The molecule has 42 heavy (non-hydrogen) atoms. The minimum atomic E-state index is -4.59. The van der Waals surface area contributed by atoms with Crippen LogP contribution in [-0.4, -0.2) is 68.2 Å². The van der Waals surface area contributed by atoms with Gasteiger partial charge in [-0.2, -0.15) is 24.1 Å². The Balaban J connectivity index is 0.00000484. The molecule has 0 aliphatic carbocycles. The van der Waals surface area contributed by atoms with Crippen LogP contribution in [0.1, 0.15) is 21.5 Å². The first-order chi connectivity index (χ1) is 19.3. The average molecular weight is 615 g/mol. The summed E-state index contributed by atoms with van der Waals surface area (Å²) < 4.78 is 58.6. The quantitative estimate of drug-likeness (QED) is 0.102. The average Bonchev–Trinajstić information content (AvgIpc) is 2.92. The Bertz CT molecular complexity index is 2070. The van der Waals surface area contributed by atoms with Crippen molar-refractivity contribution in [3.8, 4) is 17.9 Å². The van der Waals surface area contributed by atoms with Gasteiger partial charge in [0.25, 0.3) is 16.0 Å². The van der Waals surface area contributed by atoms with E-state index in [0.29, 0.717) is 0 Å². The second-order valence-corrected chi connectivity index (χ2v) is 11.7. The van der Waals surface area contributed by atoms with Crippen molar-refractivity contribution >= 4 is 89.1 Å². The van der Waals surface area contributed by atoms with E-state index in [1.54, 1.807) is 0 Å². The standard InChI is InChI=1S/C26H18N6O7S2.Na.H/c1-40(35,36)32-21-7-3-6-20-24(21)22(31-30-18-9-8-16(13-27)17(10-18)14-28)12-23(25(20)33)29-26(34)15-4-2-5-19(11-15)41(37,38)39;;/h2-12,32-33H,1H3,(H,29,34)(H,37,38,39);;/b31-30+;;. The van der Waals surface area contributed by atoms with Gasteiger partial charge in [0.05, 0.1) is 45.0 Å².